The Morgan fingerprint density at radius 3 is 2.70 bits per heavy atom. The molecular formula is C20H27IN8O. The summed E-state index contributed by atoms with van der Waals surface area (Å²) in [6.07, 6.45) is 3.58. The van der Waals surface area contributed by atoms with Crippen LogP contribution >= 0.6 is 24.0 Å². The summed E-state index contributed by atoms with van der Waals surface area (Å²) in [6, 6.07) is 8.05. The second-order valence-electron chi connectivity index (χ2n) is 7.09. The van der Waals surface area contributed by atoms with E-state index < -0.39 is 0 Å². The summed E-state index contributed by atoms with van der Waals surface area (Å²) in [4.78, 5) is 25.9. The first-order valence-corrected chi connectivity index (χ1v) is 9.79. The lowest BCUT2D eigenvalue weighted by atomic mass is 10.3. The molecule has 0 saturated carbocycles. The quantitative estimate of drug-likeness (QED) is 0.321. The van der Waals surface area contributed by atoms with Gasteiger partial charge in [0.05, 0.1) is 22.9 Å². The number of rotatable bonds is 4. The fourth-order valence-corrected chi connectivity index (χ4v) is 3.58. The number of imidazole rings is 1. The molecule has 1 aliphatic heterocycles. The lowest BCUT2D eigenvalue weighted by Gasteiger charge is -2.35. The number of benzene rings is 1. The zero-order valence-electron chi connectivity index (χ0n) is 17.4. The topological polar surface area (TPSA) is 83.6 Å². The van der Waals surface area contributed by atoms with E-state index in [0.717, 1.165) is 35.0 Å². The van der Waals surface area contributed by atoms with Crippen molar-refractivity contribution in [1.82, 2.24) is 29.5 Å². The molecule has 1 aromatic carbocycles. The summed E-state index contributed by atoms with van der Waals surface area (Å²) >= 11 is 0. The van der Waals surface area contributed by atoms with E-state index in [-0.39, 0.29) is 36.4 Å². The van der Waals surface area contributed by atoms with Gasteiger partial charge in [0, 0.05) is 39.9 Å². The fourth-order valence-electron chi connectivity index (χ4n) is 3.58. The molecule has 160 valence electrons. The molecule has 1 saturated heterocycles. The molecule has 1 fully saturated rings. The number of amides is 1. The molecule has 3 aromatic rings. The van der Waals surface area contributed by atoms with Gasteiger partial charge >= 0.3 is 0 Å². The minimum absolute atomic E-state index is 0. The minimum Gasteiger partial charge on any atom is -0.356 e. The molecule has 1 aliphatic rings. The summed E-state index contributed by atoms with van der Waals surface area (Å²) in [5, 5.41) is 7.47. The molecule has 30 heavy (non-hydrogen) atoms. The third kappa shape index (κ3) is 4.42. The number of guanidine groups is 1. The van der Waals surface area contributed by atoms with Gasteiger partial charge in [-0.05, 0) is 19.1 Å². The monoisotopic (exact) mass is 522 g/mol. The van der Waals surface area contributed by atoms with Crippen LogP contribution in [-0.4, -0.2) is 62.3 Å². The van der Waals surface area contributed by atoms with E-state index in [1.165, 1.54) is 0 Å². The first-order chi connectivity index (χ1) is 14.1. The maximum absolute atomic E-state index is 12.7. The number of halogens is 1. The third-order valence-electron chi connectivity index (χ3n) is 5.11. The van der Waals surface area contributed by atoms with Crippen molar-refractivity contribution in [2.75, 3.05) is 31.1 Å². The molecule has 3 heterocycles. The fraction of sp³-hybridized carbons (Fsp3) is 0.400. The zero-order chi connectivity index (χ0) is 20.4. The van der Waals surface area contributed by atoms with Crippen LogP contribution < -0.4 is 10.2 Å². The first-order valence-electron chi connectivity index (χ1n) is 9.79. The highest BCUT2D eigenvalue weighted by Gasteiger charge is 2.27. The molecule has 10 heteroatoms. The molecule has 2 aromatic heterocycles. The number of hydrogen-bond acceptors (Lipinski definition) is 4. The van der Waals surface area contributed by atoms with Crippen molar-refractivity contribution < 1.29 is 4.79 Å². The van der Waals surface area contributed by atoms with Crippen molar-refractivity contribution >= 4 is 52.6 Å². The average Bonchev–Trinajstić information content (AvgIpc) is 3.29. The van der Waals surface area contributed by atoms with Gasteiger partial charge in [-0.2, -0.15) is 5.10 Å². The molecule has 0 bridgehead atoms. The number of anilines is 1. The predicted molar refractivity (Wildman–Crippen MR) is 128 cm³/mol. The highest BCUT2D eigenvalue weighted by atomic mass is 127. The summed E-state index contributed by atoms with van der Waals surface area (Å²) < 4.78 is 3.77. The van der Waals surface area contributed by atoms with Gasteiger partial charge in [0.2, 0.25) is 5.91 Å². The van der Waals surface area contributed by atoms with E-state index in [1.807, 2.05) is 50.3 Å². The zero-order valence-corrected chi connectivity index (χ0v) is 19.8. The van der Waals surface area contributed by atoms with Crippen LogP contribution in [-0.2, 0) is 25.4 Å². The van der Waals surface area contributed by atoms with Gasteiger partial charge in [0.1, 0.15) is 18.9 Å². The van der Waals surface area contributed by atoms with Crippen LogP contribution in [0.25, 0.3) is 11.0 Å². The van der Waals surface area contributed by atoms with E-state index in [9.17, 15) is 4.79 Å². The molecule has 0 unspecified atom stereocenters. The minimum atomic E-state index is 0. The van der Waals surface area contributed by atoms with Crippen LogP contribution in [0.5, 0.6) is 0 Å². The molecule has 0 atom stereocenters. The molecular weight excluding hydrogens is 495 g/mol. The normalized spacial score (nSPS) is 14.9. The van der Waals surface area contributed by atoms with Crippen molar-refractivity contribution in [3.05, 3.63) is 42.5 Å². The van der Waals surface area contributed by atoms with Gasteiger partial charge in [0.25, 0.3) is 0 Å². The Labute approximate surface area is 192 Å². The Balaban J connectivity index is 0.00000256. The van der Waals surface area contributed by atoms with Gasteiger partial charge in [-0.15, -0.1) is 24.0 Å². The third-order valence-corrected chi connectivity index (χ3v) is 5.11. The Morgan fingerprint density at radius 2 is 2.03 bits per heavy atom. The van der Waals surface area contributed by atoms with Crippen molar-refractivity contribution in [2.45, 2.75) is 13.5 Å². The first kappa shape index (κ1) is 22.1. The largest absolute Gasteiger partial charge is 0.356 e. The molecule has 0 aliphatic carbocycles. The maximum Gasteiger partial charge on any atom is 0.246 e. The van der Waals surface area contributed by atoms with Crippen LogP contribution in [0.2, 0.25) is 0 Å². The standard InChI is InChI=1S/C20H26N8O.HI/c1-4-21-20(22-12-18-24-16-7-5-6-8-17(16)26(18)3)27-9-10-28(19(29)14-27)15-11-23-25(2)13-15;/h5-8,11,13H,4,9-10,12,14H2,1-3H3,(H,21,22);1H. The number of aromatic nitrogens is 4. The van der Waals surface area contributed by atoms with Gasteiger partial charge in [-0.3, -0.25) is 9.48 Å². The molecule has 4 rings (SSSR count). The maximum atomic E-state index is 12.7. The summed E-state index contributed by atoms with van der Waals surface area (Å²) in [6.45, 7) is 4.79. The molecule has 1 amide bonds. The molecule has 9 nitrogen and oxygen atoms in total. The van der Waals surface area contributed by atoms with Crippen molar-refractivity contribution in [3.63, 3.8) is 0 Å². The van der Waals surface area contributed by atoms with Crippen molar-refractivity contribution in [1.29, 1.82) is 0 Å². The Hall–Kier alpha value is -2.63. The molecule has 1 N–H and O–H groups in total. The lowest BCUT2D eigenvalue weighted by molar-refractivity contribution is -0.120. The number of para-hydroxylation sites is 2. The lowest BCUT2D eigenvalue weighted by Crippen LogP contribution is -2.55. The van der Waals surface area contributed by atoms with E-state index in [4.69, 9.17) is 4.99 Å². The number of nitrogens with zero attached hydrogens (tertiary/aromatic N) is 7. The van der Waals surface area contributed by atoms with Crippen LogP contribution in [0.1, 0.15) is 12.7 Å². The van der Waals surface area contributed by atoms with Gasteiger partial charge in [0.15, 0.2) is 5.96 Å². The van der Waals surface area contributed by atoms with Crippen LogP contribution in [0.3, 0.4) is 0 Å². The summed E-state index contributed by atoms with van der Waals surface area (Å²) in [5.41, 5.74) is 2.88. The second-order valence-corrected chi connectivity index (χ2v) is 7.09. The van der Waals surface area contributed by atoms with E-state index in [0.29, 0.717) is 19.6 Å². The van der Waals surface area contributed by atoms with Crippen LogP contribution in [0, 0.1) is 0 Å². The SMILES string of the molecule is CCNC(=NCc1nc2ccccc2n1C)N1CCN(c2cnn(C)c2)C(=O)C1.I. The van der Waals surface area contributed by atoms with Gasteiger partial charge < -0.3 is 19.7 Å². The van der Waals surface area contributed by atoms with Crippen molar-refractivity contribution in [3.8, 4) is 0 Å². The number of carbonyl (C=O) groups excluding carboxylic acids is 1. The average molecular weight is 522 g/mol. The number of carbonyl (C=O) groups is 1. The predicted octanol–water partition coefficient (Wildman–Crippen LogP) is 1.74. The second kappa shape index (κ2) is 9.45. The van der Waals surface area contributed by atoms with Gasteiger partial charge in [-0.25, -0.2) is 9.98 Å². The number of aliphatic imine (C=N–C) groups is 1. The Bertz CT molecular complexity index is 1060. The van der Waals surface area contributed by atoms with E-state index in [2.05, 4.69) is 26.0 Å². The highest BCUT2D eigenvalue weighted by Crippen LogP contribution is 2.17. The molecule has 0 spiro atoms. The van der Waals surface area contributed by atoms with Gasteiger partial charge in [-0.1, -0.05) is 12.1 Å². The van der Waals surface area contributed by atoms with Crippen molar-refractivity contribution in [2.24, 2.45) is 19.1 Å². The Kier molecular flexibility index (Phi) is 6.95. The Morgan fingerprint density at radius 1 is 1.23 bits per heavy atom. The van der Waals surface area contributed by atoms with Crippen LogP contribution in [0.15, 0.2) is 41.7 Å². The van der Waals surface area contributed by atoms with Crippen LogP contribution in [0.4, 0.5) is 5.69 Å². The highest BCUT2D eigenvalue weighted by molar-refractivity contribution is 14.0. The molecule has 0 radical (unpaired) electrons. The summed E-state index contributed by atoms with van der Waals surface area (Å²) in [5.74, 6) is 1.67. The van der Waals surface area contributed by atoms with E-state index in [1.54, 1.807) is 15.8 Å². The number of nitrogens with one attached hydrogen (secondary N) is 1. The van der Waals surface area contributed by atoms with E-state index >= 15 is 0 Å². The summed E-state index contributed by atoms with van der Waals surface area (Å²) in [7, 11) is 3.85. The number of aryl methyl sites for hydroxylation is 2. The number of fused-ring (bicyclic) bond motifs is 1. The smallest absolute Gasteiger partial charge is 0.246 e. The number of hydrogen-bond donors (Lipinski definition) is 1. The number of piperazine rings is 1.